The second-order valence-corrected chi connectivity index (χ2v) is 6.16. The number of anilines is 1. The first-order valence-corrected chi connectivity index (χ1v) is 8.03. The van der Waals surface area contributed by atoms with Gasteiger partial charge in [-0.25, -0.2) is 0 Å². The fourth-order valence-electron chi connectivity index (χ4n) is 2.56. The van der Waals surface area contributed by atoms with Crippen LogP contribution >= 0.6 is 23.2 Å². The Morgan fingerprint density at radius 2 is 1.92 bits per heavy atom. The summed E-state index contributed by atoms with van der Waals surface area (Å²) >= 11 is 12.4. The van der Waals surface area contributed by atoms with Gasteiger partial charge in [0.2, 0.25) is 0 Å². The number of fused-ring (bicyclic) bond motifs is 1. The van der Waals surface area contributed by atoms with Gasteiger partial charge >= 0.3 is 6.36 Å². The summed E-state index contributed by atoms with van der Waals surface area (Å²) in [5.74, 6) is 0.00687. The standard InChI is InChI=1S/C16H13Cl2F3N2O2/c17-11-4-8(25-16(19,20)21)5-12(18)14(11)10-2-1-3-13-15(10)24-9(6-22)7-23-13/h1-5,9,23H,6-7,22H2. The van der Waals surface area contributed by atoms with Crippen LogP contribution in [0.3, 0.4) is 0 Å². The molecule has 2 aromatic rings. The molecule has 3 rings (SSSR count). The summed E-state index contributed by atoms with van der Waals surface area (Å²) < 4.78 is 46.9. The number of rotatable bonds is 3. The van der Waals surface area contributed by atoms with Gasteiger partial charge in [0.25, 0.3) is 0 Å². The molecular formula is C16H13Cl2F3N2O2. The molecule has 0 radical (unpaired) electrons. The van der Waals surface area contributed by atoms with Gasteiger partial charge in [-0.1, -0.05) is 35.3 Å². The fourth-order valence-corrected chi connectivity index (χ4v) is 3.23. The molecule has 9 heteroatoms. The Balaban J connectivity index is 2.06. The van der Waals surface area contributed by atoms with E-state index in [0.717, 1.165) is 17.8 Å². The predicted octanol–water partition coefficient (Wildman–Crippen LogP) is 4.69. The molecule has 0 aromatic heterocycles. The molecule has 0 bridgehead atoms. The van der Waals surface area contributed by atoms with Gasteiger partial charge in [-0.15, -0.1) is 13.2 Å². The first kappa shape index (κ1) is 18.0. The monoisotopic (exact) mass is 392 g/mol. The van der Waals surface area contributed by atoms with Crippen molar-refractivity contribution in [3.05, 3.63) is 40.4 Å². The minimum absolute atomic E-state index is 0.0126. The Bertz CT molecular complexity index is 776. The number of halogens is 5. The molecule has 0 saturated heterocycles. The van der Waals surface area contributed by atoms with E-state index in [1.165, 1.54) is 0 Å². The van der Waals surface area contributed by atoms with Crippen molar-refractivity contribution in [1.29, 1.82) is 0 Å². The van der Waals surface area contributed by atoms with Crippen molar-refractivity contribution in [2.75, 3.05) is 18.4 Å². The Labute approximate surface area is 151 Å². The molecule has 0 fully saturated rings. The van der Waals surface area contributed by atoms with Crippen molar-refractivity contribution in [3.63, 3.8) is 0 Å². The molecule has 4 nitrogen and oxygen atoms in total. The molecule has 0 saturated carbocycles. The number of hydrogen-bond donors (Lipinski definition) is 2. The van der Waals surface area contributed by atoms with E-state index in [1.807, 2.05) is 6.07 Å². The molecule has 1 aliphatic rings. The quantitative estimate of drug-likeness (QED) is 0.795. The molecule has 3 N–H and O–H groups in total. The lowest BCUT2D eigenvalue weighted by molar-refractivity contribution is -0.274. The van der Waals surface area contributed by atoms with Gasteiger partial charge in [-0.05, 0) is 18.2 Å². The normalized spacial score (nSPS) is 16.6. The summed E-state index contributed by atoms with van der Waals surface area (Å²) in [5.41, 5.74) is 7.28. The van der Waals surface area contributed by atoms with Gasteiger partial charge in [0.05, 0.1) is 22.3 Å². The highest BCUT2D eigenvalue weighted by molar-refractivity contribution is 6.39. The number of benzene rings is 2. The molecule has 0 amide bonds. The largest absolute Gasteiger partial charge is 0.573 e. The van der Waals surface area contributed by atoms with Crippen LogP contribution in [0.25, 0.3) is 11.1 Å². The smallest absolute Gasteiger partial charge is 0.484 e. The maximum atomic E-state index is 12.4. The minimum Gasteiger partial charge on any atom is -0.484 e. The van der Waals surface area contributed by atoms with Gasteiger partial charge in [0, 0.05) is 17.7 Å². The molecule has 1 heterocycles. The van der Waals surface area contributed by atoms with E-state index in [0.29, 0.717) is 30.0 Å². The number of para-hydroxylation sites is 1. The lowest BCUT2D eigenvalue weighted by atomic mass is 10.0. The van der Waals surface area contributed by atoms with Crippen LogP contribution in [0.4, 0.5) is 18.9 Å². The molecule has 25 heavy (non-hydrogen) atoms. The van der Waals surface area contributed by atoms with Crippen LogP contribution in [-0.4, -0.2) is 25.6 Å². The van der Waals surface area contributed by atoms with Gasteiger partial charge in [-0.3, -0.25) is 0 Å². The van der Waals surface area contributed by atoms with E-state index in [2.05, 4.69) is 10.1 Å². The molecule has 1 atom stereocenters. The van der Waals surface area contributed by atoms with Crippen LogP contribution in [-0.2, 0) is 0 Å². The van der Waals surface area contributed by atoms with E-state index < -0.39 is 12.1 Å². The first-order chi connectivity index (χ1) is 11.8. The number of hydrogen-bond acceptors (Lipinski definition) is 4. The fraction of sp³-hybridized carbons (Fsp3) is 0.250. The summed E-state index contributed by atoms with van der Waals surface area (Å²) in [6, 6.07) is 7.42. The van der Waals surface area contributed by atoms with Crippen molar-refractivity contribution < 1.29 is 22.6 Å². The number of alkyl halides is 3. The Morgan fingerprint density at radius 3 is 2.52 bits per heavy atom. The second kappa shape index (κ2) is 6.82. The third-order valence-corrected chi connectivity index (χ3v) is 4.20. The third kappa shape index (κ3) is 3.89. The SMILES string of the molecule is NCC1CNc2cccc(-c3c(Cl)cc(OC(F)(F)F)cc3Cl)c2O1. The second-order valence-electron chi connectivity index (χ2n) is 5.35. The van der Waals surface area contributed by atoms with Gasteiger partial charge < -0.3 is 20.5 Å². The molecule has 0 spiro atoms. The van der Waals surface area contributed by atoms with Gasteiger partial charge in [-0.2, -0.15) is 0 Å². The zero-order valence-corrected chi connectivity index (χ0v) is 14.2. The van der Waals surface area contributed by atoms with Crippen molar-refractivity contribution >= 4 is 28.9 Å². The van der Waals surface area contributed by atoms with E-state index in [9.17, 15) is 13.2 Å². The Hall–Kier alpha value is -1.83. The number of nitrogens with two attached hydrogens (primary N) is 1. The van der Waals surface area contributed by atoms with Crippen LogP contribution in [0.5, 0.6) is 11.5 Å². The highest BCUT2D eigenvalue weighted by atomic mass is 35.5. The first-order valence-electron chi connectivity index (χ1n) is 7.27. The lowest BCUT2D eigenvalue weighted by Gasteiger charge is -2.28. The van der Waals surface area contributed by atoms with E-state index in [1.54, 1.807) is 12.1 Å². The van der Waals surface area contributed by atoms with Crippen molar-refractivity contribution in [3.8, 4) is 22.6 Å². The zero-order valence-electron chi connectivity index (χ0n) is 12.7. The maximum absolute atomic E-state index is 12.4. The van der Waals surface area contributed by atoms with Gasteiger partial charge in [0.15, 0.2) is 5.75 Å². The lowest BCUT2D eigenvalue weighted by Crippen LogP contribution is -2.37. The highest BCUT2D eigenvalue weighted by Gasteiger charge is 2.32. The van der Waals surface area contributed by atoms with Crippen LogP contribution in [0.1, 0.15) is 0 Å². The van der Waals surface area contributed by atoms with Crippen LogP contribution < -0.4 is 20.5 Å². The van der Waals surface area contributed by atoms with Crippen LogP contribution in [0.2, 0.25) is 10.0 Å². The average Bonchev–Trinajstić information content (AvgIpc) is 2.52. The molecular weight excluding hydrogens is 380 g/mol. The van der Waals surface area contributed by atoms with Crippen LogP contribution in [0.15, 0.2) is 30.3 Å². The predicted molar refractivity (Wildman–Crippen MR) is 90.5 cm³/mol. The van der Waals surface area contributed by atoms with Crippen molar-refractivity contribution in [1.82, 2.24) is 0 Å². The minimum atomic E-state index is -4.83. The Morgan fingerprint density at radius 1 is 1.24 bits per heavy atom. The summed E-state index contributed by atoms with van der Waals surface area (Å²) in [5, 5.41) is 3.22. The van der Waals surface area contributed by atoms with Crippen LogP contribution in [0, 0.1) is 0 Å². The van der Waals surface area contributed by atoms with Crippen molar-refractivity contribution in [2.24, 2.45) is 5.73 Å². The molecule has 1 unspecified atom stereocenters. The van der Waals surface area contributed by atoms with Gasteiger partial charge in [0.1, 0.15) is 11.9 Å². The summed E-state index contributed by atoms with van der Waals surface area (Å²) in [7, 11) is 0. The summed E-state index contributed by atoms with van der Waals surface area (Å²) in [6.07, 6.45) is -5.07. The van der Waals surface area contributed by atoms with E-state index in [4.69, 9.17) is 33.7 Å². The maximum Gasteiger partial charge on any atom is 0.573 e. The topological polar surface area (TPSA) is 56.5 Å². The summed E-state index contributed by atoms with van der Waals surface area (Å²) in [4.78, 5) is 0. The Kier molecular flexibility index (Phi) is 4.90. The number of ether oxygens (including phenoxy) is 2. The summed E-state index contributed by atoms with van der Waals surface area (Å²) in [6.45, 7) is 0.855. The molecule has 2 aromatic carbocycles. The van der Waals surface area contributed by atoms with E-state index >= 15 is 0 Å². The number of nitrogens with one attached hydrogen (secondary N) is 1. The van der Waals surface area contributed by atoms with Crippen molar-refractivity contribution in [2.45, 2.75) is 12.5 Å². The third-order valence-electron chi connectivity index (χ3n) is 3.60. The zero-order chi connectivity index (χ0) is 18.2. The van der Waals surface area contributed by atoms with E-state index in [-0.39, 0.29) is 16.1 Å². The molecule has 1 aliphatic heterocycles. The molecule has 0 aliphatic carbocycles. The average molecular weight is 393 g/mol. The molecule has 134 valence electrons. The highest BCUT2D eigenvalue weighted by Crippen LogP contribution is 2.46.